The van der Waals surface area contributed by atoms with Gasteiger partial charge in [0.2, 0.25) is 0 Å². The standard InChI is InChI=1S/C18H28N2/c1-19-12-9-15-10-13-20(14-11-15)18-8-4-6-16-5-2-3-7-17(16)18/h2-3,5,7,15,18-19H,4,6,8-14H2,1H3. The predicted octanol–water partition coefficient (Wildman–Crippen LogP) is 3.39. The summed E-state index contributed by atoms with van der Waals surface area (Å²) in [6, 6.07) is 9.82. The Morgan fingerprint density at radius 2 is 1.95 bits per heavy atom. The Bertz CT molecular complexity index is 421. The van der Waals surface area contributed by atoms with Gasteiger partial charge in [0.05, 0.1) is 0 Å². The Morgan fingerprint density at radius 1 is 1.15 bits per heavy atom. The smallest absolute Gasteiger partial charge is 0.0350 e. The van der Waals surface area contributed by atoms with Crippen molar-refractivity contribution in [1.29, 1.82) is 0 Å². The molecule has 1 saturated heterocycles. The molecule has 0 spiro atoms. The van der Waals surface area contributed by atoms with E-state index in [1.807, 2.05) is 0 Å². The van der Waals surface area contributed by atoms with Gasteiger partial charge in [-0.05, 0) is 82.3 Å². The average Bonchev–Trinajstić information content (AvgIpc) is 2.53. The van der Waals surface area contributed by atoms with E-state index in [1.165, 1.54) is 58.2 Å². The summed E-state index contributed by atoms with van der Waals surface area (Å²) in [5, 5.41) is 3.29. The summed E-state index contributed by atoms with van der Waals surface area (Å²) >= 11 is 0. The number of benzene rings is 1. The van der Waals surface area contributed by atoms with Crippen LogP contribution in [0.15, 0.2) is 24.3 Å². The number of rotatable bonds is 4. The van der Waals surface area contributed by atoms with Crippen LogP contribution in [0.4, 0.5) is 0 Å². The van der Waals surface area contributed by atoms with E-state index in [4.69, 9.17) is 0 Å². The Morgan fingerprint density at radius 3 is 2.75 bits per heavy atom. The highest BCUT2D eigenvalue weighted by molar-refractivity contribution is 5.32. The Kier molecular flexibility index (Phi) is 4.74. The van der Waals surface area contributed by atoms with Gasteiger partial charge in [-0.2, -0.15) is 0 Å². The molecule has 2 nitrogen and oxygen atoms in total. The molecule has 1 N–H and O–H groups in total. The molecule has 0 amide bonds. The summed E-state index contributed by atoms with van der Waals surface area (Å²) in [5.41, 5.74) is 3.22. The van der Waals surface area contributed by atoms with Crippen molar-refractivity contribution in [2.45, 2.75) is 44.6 Å². The van der Waals surface area contributed by atoms with E-state index in [-0.39, 0.29) is 0 Å². The first-order valence-electron chi connectivity index (χ1n) is 8.35. The molecule has 1 aliphatic heterocycles. The van der Waals surface area contributed by atoms with Crippen molar-refractivity contribution >= 4 is 0 Å². The van der Waals surface area contributed by atoms with Crippen molar-refractivity contribution in [3.05, 3.63) is 35.4 Å². The second-order valence-electron chi connectivity index (χ2n) is 6.48. The minimum Gasteiger partial charge on any atom is -0.320 e. The van der Waals surface area contributed by atoms with E-state index < -0.39 is 0 Å². The molecule has 2 aliphatic rings. The van der Waals surface area contributed by atoms with E-state index in [9.17, 15) is 0 Å². The number of nitrogens with zero attached hydrogens (tertiary/aromatic N) is 1. The van der Waals surface area contributed by atoms with E-state index in [1.54, 1.807) is 11.1 Å². The third kappa shape index (κ3) is 3.07. The summed E-state index contributed by atoms with van der Waals surface area (Å²) in [4.78, 5) is 2.76. The molecule has 0 aromatic heterocycles. The van der Waals surface area contributed by atoms with Crippen LogP contribution >= 0.6 is 0 Å². The highest BCUT2D eigenvalue weighted by Gasteiger charge is 2.28. The van der Waals surface area contributed by atoms with Crippen LogP contribution in [0.25, 0.3) is 0 Å². The van der Waals surface area contributed by atoms with Gasteiger partial charge >= 0.3 is 0 Å². The Hall–Kier alpha value is -0.860. The first kappa shape index (κ1) is 14.1. The van der Waals surface area contributed by atoms with E-state index in [0.717, 1.165) is 5.92 Å². The topological polar surface area (TPSA) is 15.3 Å². The van der Waals surface area contributed by atoms with Crippen molar-refractivity contribution in [2.24, 2.45) is 5.92 Å². The third-order valence-corrected chi connectivity index (χ3v) is 5.23. The summed E-state index contributed by atoms with van der Waals surface area (Å²) in [5.74, 6) is 0.942. The van der Waals surface area contributed by atoms with Gasteiger partial charge in [-0.1, -0.05) is 24.3 Å². The van der Waals surface area contributed by atoms with Gasteiger partial charge in [0.15, 0.2) is 0 Å². The summed E-state index contributed by atoms with van der Waals surface area (Å²) in [6.07, 6.45) is 8.14. The largest absolute Gasteiger partial charge is 0.320 e. The maximum absolute atomic E-state index is 3.29. The van der Waals surface area contributed by atoms with Crippen molar-refractivity contribution in [3.63, 3.8) is 0 Å². The molecule has 2 heteroatoms. The number of fused-ring (bicyclic) bond motifs is 1. The van der Waals surface area contributed by atoms with Gasteiger partial charge in [-0.15, -0.1) is 0 Å². The third-order valence-electron chi connectivity index (χ3n) is 5.23. The number of nitrogens with one attached hydrogen (secondary N) is 1. The highest BCUT2D eigenvalue weighted by Crippen LogP contribution is 2.36. The Labute approximate surface area is 123 Å². The maximum atomic E-state index is 3.29. The van der Waals surface area contributed by atoms with Gasteiger partial charge in [0, 0.05) is 6.04 Å². The minimum atomic E-state index is 0.699. The molecule has 1 aromatic carbocycles. The van der Waals surface area contributed by atoms with Gasteiger partial charge in [0.25, 0.3) is 0 Å². The lowest BCUT2D eigenvalue weighted by Gasteiger charge is -2.40. The van der Waals surface area contributed by atoms with Crippen LogP contribution < -0.4 is 5.32 Å². The lowest BCUT2D eigenvalue weighted by molar-refractivity contribution is 0.118. The number of hydrogen-bond acceptors (Lipinski definition) is 2. The molecule has 1 unspecified atom stereocenters. The van der Waals surface area contributed by atoms with E-state index in [0.29, 0.717) is 6.04 Å². The van der Waals surface area contributed by atoms with Crippen molar-refractivity contribution in [2.75, 3.05) is 26.7 Å². The fraction of sp³-hybridized carbons (Fsp3) is 0.667. The van der Waals surface area contributed by atoms with Crippen LogP contribution in [-0.4, -0.2) is 31.6 Å². The molecule has 0 radical (unpaired) electrons. The number of hydrogen-bond donors (Lipinski definition) is 1. The SMILES string of the molecule is CNCCC1CCN(C2CCCc3ccccc32)CC1. The summed E-state index contributed by atoms with van der Waals surface area (Å²) in [6.45, 7) is 3.78. The molecule has 1 aliphatic carbocycles. The van der Waals surface area contributed by atoms with Crippen molar-refractivity contribution in [3.8, 4) is 0 Å². The molecule has 20 heavy (non-hydrogen) atoms. The zero-order chi connectivity index (χ0) is 13.8. The number of piperidine rings is 1. The molecular weight excluding hydrogens is 244 g/mol. The maximum Gasteiger partial charge on any atom is 0.0350 e. The molecule has 0 saturated carbocycles. The van der Waals surface area contributed by atoms with Crippen LogP contribution in [0.1, 0.15) is 49.3 Å². The predicted molar refractivity (Wildman–Crippen MR) is 85.0 cm³/mol. The average molecular weight is 272 g/mol. The number of likely N-dealkylation sites (tertiary alicyclic amines) is 1. The van der Waals surface area contributed by atoms with Gasteiger partial charge in [0.1, 0.15) is 0 Å². The lowest BCUT2D eigenvalue weighted by atomic mass is 9.84. The molecule has 0 bridgehead atoms. The minimum absolute atomic E-state index is 0.699. The normalized spacial score (nSPS) is 24.6. The van der Waals surface area contributed by atoms with E-state index >= 15 is 0 Å². The lowest BCUT2D eigenvalue weighted by Crippen LogP contribution is -2.38. The molecule has 1 atom stereocenters. The van der Waals surface area contributed by atoms with Gasteiger partial charge in [-0.25, -0.2) is 0 Å². The molecule has 3 rings (SSSR count). The molecule has 1 fully saturated rings. The zero-order valence-electron chi connectivity index (χ0n) is 12.8. The molecule has 1 aromatic rings. The van der Waals surface area contributed by atoms with Crippen molar-refractivity contribution < 1.29 is 0 Å². The van der Waals surface area contributed by atoms with Gasteiger partial charge in [-0.3, -0.25) is 4.90 Å². The zero-order valence-corrected chi connectivity index (χ0v) is 12.8. The van der Waals surface area contributed by atoms with E-state index in [2.05, 4.69) is 41.5 Å². The fourth-order valence-electron chi connectivity index (χ4n) is 4.01. The second kappa shape index (κ2) is 6.73. The number of aryl methyl sites for hydroxylation is 1. The van der Waals surface area contributed by atoms with Crippen LogP contribution in [0.2, 0.25) is 0 Å². The monoisotopic (exact) mass is 272 g/mol. The van der Waals surface area contributed by atoms with Crippen LogP contribution in [0, 0.1) is 5.92 Å². The quantitative estimate of drug-likeness (QED) is 0.904. The van der Waals surface area contributed by atoms with Gasteiger partial charge < -0.3 is 5.32 Å². The van der Waals surface area contributed by atoms with Crippen LogP contribution in [0.3, 0.4) is 0 Å². The van der Waals surface area contributed by atoms with Crippen LogP contribution in [0.5, 0.6) is 0 Å². The van der Waals surface area contributed by atoms with Crippen LogP contribution in [-0.2, 0) is 6.42 Å². The Balaban J connectivity index is 1.62. The highest BCUT2D eigenvalue weighted by atomic mass is 15.2. The second-order valence-corrected chi connectivity index (χ2v) is 6.48. The molecule has 110 valence electrons. The van der Waals surface area contributed by atoms with Crippen molar-refractivity contribution in [1.82, 2.24) is 10.2 Å². The molecular formula is C18H28N2. The first-order valence-corrected chi connectivity index (χ1v) is 8.35. The fourth-order valence-corrected chi connectivity index (χ4v) is 4.01. The first-order chi connectivity index (χ1) is 9.88. The summed E-state index contributed by atoms with van der Waals surface area (Å²) in [7, 11) is 2.06. The summed E-state index contributed by atoms with van der Waals surface area (Å²) < 4.78 is 0. The molecule has 1 heterocycles.